The lowest BCUT2D eigenvalue weighted by molar-refractivity contribution is 0.0461. The Labute approximate surface area is 260 Å². The fourth-order valence-electron chi connectivity index (χ4n) is 6.41. The molecule has 0 saturated heterocycles. The molecule has 43 heavy (non-hydrogen) atoms. The molecule has 1 aliphatic heterocycles. The number of benzene rings is 2. The van der Waals surface area contributed by atoms with Gasteiger partial charge in [0, 0.05) is 18.1 Å². The summed E-state index contributed by atoms with van der Waals surface area (Å²) in [4.78, 5) is 14.1. The summed E-state index contributed by atoms with van der Waals surface area (Å²) < 4.78 is 30.4. The first-order valence-corrected chi connectivity index (χ1v) is 17.3. The third kappa shape index (κ3) is 8.75. The van der Waals surface area contributed by atoms with Crippen molar-refractivity contribution < 1.29 is 28.2 Å². The number of primary sulfonamides is 1. The van der Waals surface area contributed by atoms with E-state index in [4.69, 9.17) is 21.5 Å². The quantitative estimate of drug-likeness (QED) is 0.252. The molecular formula is C33H45ClN2O6S. The zero-order valence-electron chi connectivity index (χ0n) is 25.1. The van der Waals surface area contributed by atoms with Crippen LogP contribution in [0.2, 0.25) is 5.02 Å². The lowest BCUT2D eigenvalue weighted by Crippen LogP contribution is -2.43. The Bertz CT molecular complexity index is 1400. The normalized spacial score (nSPS) is 21.5. The Morgan fingerprint density at radius 3 is 2.65 bits per heavy atom. The van der Waals surface area contributed by atoms with Gasteiger partial charge < -0.3 is 19.8 Å². The second kappa shape index (κ2) is 14.9. The average Bonchev–Trinajstić information content (AvgIpc) is 2.96. The third-order valence-corrected chi connectivity index (χ3v) is 10.8. The van der Waals surface area contributed by atoms with E-state index >= 15 is 0 Å². The van der Waals surface area contributed by atoms with Crippen molar-refractivity contribution in [3.05, 3.63) is 70.3 Å². The molecule has 2 aromatic carbocycles. The SMILES string of the molecule is CCC[C@@H]([C@H](C)C/C=C/[C@H](O)[C@@H]1CC[C@H]1CN1CCCCc2cc(Cl)ccc2COc2ccc(C(=O)O)cc21)S(N)(=O)=O. The van der Waals surface area contributed by atoms with Crippen LogP contribution in [0.4, 0.5) is 5.69 Å². The van der Waals surface area contributed by atoms with Crippen LogP contribution in [0.3, 0.4) is 0 Å². The van der Waals surface area contributed by atoms with Crippen LogP contribution in [0, 0.1) is 17.8 Å². The highest BCUT2D eigenvalue weighted by Gasteiger charge is 2.37. The molecule has 1 heterocycles. The standard InChI is InChI=1S/C33H45ClN2O6S/c1-3-7-32(43(35,40)41)22(2)8-6-10-30(37)28-15-12-25(28)20-36-17-5-4-9-23-18-27(34)14-11-26(23)21-42-31-16-13-24(33(38)39)19-29(31)36/h6,10-11,13-14,16,18-19,22,25,28,30,32,37H,3-5,7-9,12,15,17,20-21H2,1-2H3,(H,38,39)(H2,35,40,41)/b10-6+/t22-,25+,28-,30+,32+/m1/s1. The van der Waals surface area contributed by atoms with Crippen LogP contribution >= 0.6 is 11.6 Å². The number of carboxylic acid groups (broad SMARTS) is 1. The van der Waals surface area contributed by atoms with Crippen LogP contribution < -0.4 is 14.8 Å². The fraction of sp³-hybridized carbons (Fsp3) is 0.545. The number of nitrogens with two attached hydrogens (primary N) is 1. The molecule has 2 aliphatic rings. The number of allylic oxidation sites excluding steroid dienone is 1. The van der Waals surface area contributed by atoms with Crippen LogP contribution in [-0.4, -0.2) is 49.0 Å². The maximum absolute atomic E-state index is 12.0. The smallest absolute Gasteiger partial charge is 0.335 e. The number of hydrogen-bond acceptors (Lipinski definition) is 6. The van der Waals surface area contributed by atoms with Gasteiger partial charge in [0.05, 0.1) is 22.6 Å². The van der Waals surface area contributed by atoms with Crippen LogP contribution in [0.25, 0.3) is 0 Å². The van der Waals surface area contributed by atoms with E-state index < -0.39 is 27.3 Å². The van der Waals surface area contributed by atoms with Gasteiger partial charge in [-0.1, -0.05) is 50.1 Å². The Balaban J connectivity index is 1.48. The number of halogens is 1. The summed E-state index contributed by atoms with van der Waals surface area (Å²) in [6.45, 7) is 5.60. The van der Waals surface area contributed by atoms with Crippen LogP contribution in [-0.2, 0) is 23.1 Å². The van der Waals surface area contributed by atoms with E-state index in [1.165, 1.54) is 0 Å². The molecule has 4 rings (SSSR count). The molecule has 0 spiro atoms. The number of aromatic carboxylic acids is 1. The highest BCUT2D eigenvalue weighted by molar-refractivity contribution is 7.89. The van der Waals surface area contributed by atoms with Gasteiger partial charge in [-0.2, -0.15) is 0 Å². The number of rotatable bonds is 11. The van der Waals surface area contributed by atoms with Crippen molar-refractivity contribution >= 4 is 33.3 Å². The van der Waals surface area contributed by atoms with E-state index in [1.807, 2.05) is 38.1 Å². The average molecular weight is 633 g/mol. The van der Waals surface area contributed by atoms with Crippen LogP contribution in [0.1, 0.15) is 80.3 Å². The molecule has 5 atom stereocenters. The van der Waals surface area contributed by atoms with E-state index in [9.17, 15) is 23.4 Å². The van der Waals surface area contributed by atoms with Gasteiger partial charge in [0.25, 0.3) is 0 Å². The number of aryl methyl sites for hydroxylation is 1. The Morgan fingerprint density at radius 2 is 1.98 bits per heavy atom. The maximum atomic E-state index is 12.0. The number of carbonyl (C=O) groups is 1. The van der Waals surface area contributed by atoms with Crippen molar-refractivity contribution in [2.75, 3.05) is 18.0 Å². The molecule has 236 valence electrons. The van der Waals surface area contributed by atoms with Crippen molar-refractivity contribution in [3.8, 4) is 5.75 Å². The molecule has 1 saturated carbocycles. The minimum Gasteiger partial charge on any atom is -0.487 e. The van der Waals surface area contributed by atoms with E-state index in [-0.39, 0.29) is 23.3 Å². The molecule has 0 bridgehead atoms. The highest BCUT2D eigenvalue weighted by Crippen LogP contribution is 2.41. The highest BCUT2D eigenvalue weighted by atomic mass is 35.5. The first kappa shape index (κ1) is 33.3. The summed E-state index contributed by atoms with van der Waals surface area (Å²) in [6.07, 6.45) is 9.42. The summed E-state index contributed by atoms with van der Waals surface area (Å²) in [5.41, 5.74) is 3.20. The minimum atomic E-state index is -3.63. The Hall–Kier alpha value is -2.59. The number of sulfonamides is 1. The van der Waals surface area contributed by atoms with Crippen molar-refractivity contribution in [2.24, 2.45) is 22.9 Å². The Kier molecular flexibility index (Phi) is 11.6. The number of aliphatic hydroxyl groups excluding tert-OH is 1. The molecule has 0 amide bonds. The minimum absolute atomic E-state index is 0.0628. The van der Waals surface area contributed by atoms with Gasteiger partial charge >= 0.3 is 5.97 Å². The van der Waals surface area contributed by atoms with Gasteiger partial charge in [0.1, 0.15) is 12.4 Å². The zero-order valence-corrected chi connectivity index (χ0v) is 26.7. The van der Waals surface area contributed by atoms with Gasteiger partial charge in [-0.05, 0) is 104 Å². The van der Waals surface area contributed by atoms with E-state index in [1.54, 1.807) is 24.3 Å². The summed E-state index contributed by atoms with van der Waals surface area (Å²) >= 11 is 6.28. The predicted molar refractivity (Wildman–Crippen MR) is 171 cm³/mol. The predicted octanol–water partition coefficient (Wildman–Crippen LogP) is 6.19. The summed E-state index contributed by atoms with van der Waals surface area (Å²) in [7, 11) is -3.63. The van der Waals surface area contributed by atoms with Crippen molar-refractivity contribution in [1.82, 2.24) is 0 Å². The zero-order chi connectivity index (χ0) is 31.1. The molecule has 4 N–H and O–H groups in total. The molecule has 2 aromatic rings. The topological polar surface area (TPSA) is 130 Å². The second-order valence-corrected chi connectivity index (χ2v) is 14.4. The van der Waals surface area contributed by atoms with Crippen molar-refractivity contribution in [3.63, 3.8) is 0 Å². The largest absolute Gasteiger partial charge is 0.487 e. The monoisotopic (exact) mass is 632 g/mol. The van der Waals surface area contributed by atoms with Gasteiger partial charge in [-0.25, -0.2) is 18.4 Å². The molecule has 0 aromatic heterocycles. The summed E-state index contributed by atoms with van der Waals surface area (Å²) in [5, 5.41) is 26.4. The number of nitrogens with zero attached hydrogens (tertiary/aromatic N) is 1. The first-order chi connectivity index (χ1) is 20.5. The van der Waals surface area contributed by atoms with Gasteiger partial charge in [0.15, 0.2) is 0 Å². The lowest BCUT2D eigenvalue weighted by Gasteiger charge is -2.42. The van der Waals surface area contributed by atoms with E-state index in [0.29, 0.717) is 36.8 Å². The second-order valence-electron chi connectivity index (χ2n) is 12.1. The van der Waals surface area contributed by atoms with E-state index in [2.05, 4.69) is 4.90 Å². The molecule has 0 radical (unpaired) electrons. The molecular weight excluding hydrogens is 588 g/mol. The summed E-state index contributed by atoms with van der Waals surface area (Å²) in [6, 6.07) is 10.9. The number of anilines is 1. The fourth-order valence-corrected chi connectivity index (χ4v) is 7.93. The number of ether oxygens (including phenoxy) is 1. The third-order valence-electron chi connectivity index (χ3n) is 9.06. The van der Waals surface area contributed by atoms with Crippen molar-refractivity contribution in [1.29, 1.82) is 0 Å². The molecule has 8 nitrogen and oxygen atoms in total. The lowest BCUT2D eigenvalue weighted by atomic mass is 9.70. The summed E-state index contributed by atoms with van der Waals surface area (Å²) in [5.74, 6) is -0.216. The van der Waals surface area contributed by atoms with Crippen molar-refractivity contribution in [2.45, 2.75) is 83.2 Å². The molecule has 0 unspecified atom stereocenters. The molecule has 1 aliphatic carbocycles. The molecule has 1 fully saturated rings. The van der Waals surface area contributed by atoms with Crippen LogP contribution in [0.5, 0.6) is 5.75 Å². The van der Waals surface area contributed by atoms with Gasteiger partial charge in [0.2, 0.25) is 10.0 Å². The van der Waals surface area contributed by atoms with Gasteiger partial charge in [-0.3, -0.25) is 0 Å². The van der Waals surface area contributed by atoms with Gasteiger partial charge in [-0.15, -0.1) is 0 Å². The Morgan fingerprint density at radius 1 is 1.19 bits per heavy atom. The molecule has 10 heteroatoms. The number of aliphatic hydroxyl groups is 1. The first-order valence-electron chi connectivity index (χ1n) is 15.4. The number of fused-ring (bicyclic) bond motifs is 2. The van der Waals surface area contributed by atoms with Crippen LogP contribution in [0.15, 0.2) is 48.6 Å². The maximum Gasteiger partial charge on any atom is 0.335 e. The van der Waals surface area contributed by atoms with E-state index in [0.717, 1.165) is 61.9 Å². The number of hydrogen-bond donors (Lipinski definition) is 3. The number of carboxylic acids is 1.